The molecular formula is C23H19N3O4S. The Morgan fingerprint density at radius 3 is 2.71 bits per heavy atom. The number of fused-ring (bicyclic) bond motifs is 1. The van der Waals surface area contributed by atoms with Crippen molar-refractivity contribution in [3.8, 4) is 17.4 Å². The van der Waals surface area contributed by atoms with Gasteiger partial charge in [0, 0.05) is 5.57 Å². The largest absolute Gasteiger partial charge is 0.493 e. The summed E-state index contributed by atoms with van der Waals surface area (Å²) >= 11 is 1.20. The Labute approximate surface area is 183 Å². The molecule has 0 fully saturated rings. The first-order valence-electron chi connectivity index (χ1n) is 9.33. The van der Waals surface area contributed by atoms with Gasteiger partial charge in [-0.3, -0.25) is 10.2 Å². The summed E-state index contributed by atoms with van der Waals surface area (Å²) in [7, 11) is 3.13. The molecule has 2 N–H and O–H groups in total. The van der Waals surface area contributed by atoms with Crippen molar-refractivity contribution in [1.82, 2.24) is 4.98 Å². The van der Waals surface area contributed by atoms with E-state index in [1.165, 1.54) is 17.4 Å². The minimum Gasteiger partial charge on any atom is -0.493 e. The van der Waals surface area contributed by atoms with E-state index in [0.717, 1.165) is 16.7 Å². The molecule has 31 heavy (non-hydrogen) atoms. The van der Waals surface area contributed by atoms with Gasteiger partial charge in [-0.15, -0.1) is 0 Å². The zero-order valence-electron chi connectivity index (χ0n) is 16.8. The van der Waals surface area contributed by atoms with Crippen LogP contribution >= 0.6 is 11.3 Å². The summed E-state index contributed by atoms with van der Waals surface area (Å²) in [6.07, 6.45) is 6.60. The second-order valence-corrected chi connectivity index (χ2v) is 7.56. The Hall–Kier alpha value is -3.91. The van der Waals surface area contributed by atoms with Gasteiger partial charge < -0.3 is 14.6 Å². The second-order valence-electron chi connectivity index (χ2n) is 6.53. The van der Waals surface area contributed by atoms with Crippen LogP contribution in [0.4, 0.5) is 5.00 Å². The van der Waals surface area contributed by atoms with Crippen molar-refractivity contribution in [3.63, 3.8) is 0 Å². The molecule has 0 bridgehead atoms. The summed E-state index contributed by atoms with van der Waals surface area (Å²) in [6.45, 7) is 0. The number of ether oxygens (including phenoxy) is 2. The quantitative estimate of drug-likeness (QED) is 0.339. The molecule has 0 amide bonds. The highest BCUT2D eigenvalue weighted by Crippen LogP contribution is 2.34. The lowest BCUT2D eigenvalue weighted by Crippen LogP contribution is -2.04. The van der Waals surface area contributed by atoms with Gasteiger partial charge in [0.1, 0.15) is 5.01 Å². The highest BCUT2D eigenvalue weighted by molar-refractivity contribution is 7.17. The number of ketones is 1. The molecule has 1 aromatic heterocycles. The zero-order chi connectivity index (χ0) is 21.8. The Balaban J connectivity index is 1.54. The van der Waals surface area contributed by atoms with Gasteiger partial charge in [0.05, 0.1) is 20.4 Å². The summed E-state index contributed by atoms with van der Waals surface area (Å²) < 4.78 is 10.5. The molecule has 0 aliphatic heterocycles. The van der Waals surface area contributed by atoms with Crippen LogP contribution in [0, 0.1) is 0 Å². The number of allylic oxidation sites excluding steroid dienone is 2. The molecule has 0 saturated heterocycles. The number of nitrogens with one attached hydrogen (secondary N) is 1. The van der Waals surface area contributed by atoms with Crippen molar-refractivity contribution in [2.75, 3.05) is 19.6 Å². The number of hydrogen-bond acceptors (Lipinski definition) is 8. The van der Waals surface area contributed by atoms with E-state index in [9.17, 15) is 9.90 Å². The van der Waals surface area contributed by atoms with E-state index in [1.54, 1.807) is 44.7 Å². The van der Waals surface area contributed by atoms with Crippen molar-refractivity contribution >= 4 is 46.1 Å². The molecule has 2 aromatic carbocycles. The number of rotatable bonds is 6. The number of nitrogens with zero attached hydrogens (tertiary/aromatic N) is 2. The molecule has 3 aromatic rings. The molecule has 7 nitrogen and oxygen atoms in total. The van der Waals surface area contributed by atoms with Crippen molar-refractivity contribution in [3.05, 3.63) is 70.2 Å². The summed E-state index contributed by atoms with van der Waals surface area (Å²) in [6, 6.07) is 13.0. The highest BCUT2D eigenvalue weighted by atomic mass is 32.1. The number of aromatic nitrogens is 1. The van der Waals surface area contributed by atoms with Gasteiger partial charge in [-0.1, -0.05) is 41.7 Å². The minimum atomic E-state index is -0.187. The van der Waals surface area contributed by atoms with E-state index < -0.39 is 0 Å². The second kappa shape index (κ2) is 8.85. The molecule has 8 heteroatoms. The Bertz CT molecular complexity index is 1230. The number of carbonyl (C=O) groups is 1. The molecule has 156 valence electrons. The van der Waals surface area contributed by atoms with Crippen LogP contribution in [0.2, 0.25) is 0 Å². The first-order chi connectivity index (χ1) is 15.1. The summed E-state index contributed by atoms with van der Waals surface area (Å²) in [5.74, 6) is 0.925. The smallest absolute Gasteiger partial charge is 0.248 e. The lowest BCUT2D eigenvalue weighted by atomic mass is 9.91. The van der Waals surface area contributed by atoms with Crippen molar-refractivity contribution in [1.29, 1.82) is 0 Å². The minimum absolute atomic E-state index is 0.102. The highest BCUT2D eigenvalue weighted by Gasteiger charge is 2.18. The Morgan fingerprint density at radius 2 is 1.90 bits per heavy atom. The standard InChI is InChI=1S/C23H19N3O4S/c1-29-19-10-7-14(11-20(19)30-2)13-24-26-23-22(28)25-21(31-23)12-17-16-6-4-3-5-15(16)8-9-18(17)27/h3-13,26,28H,1-2H3. The molecule has 0 saturated carbocycles. The molecule has 4 rings (SSSR count). The molecular weight excluding hydrogens is 414 g/mol. The third-order valence-corrected chi connectivity index (χ3v) is 5.51. The van der Waals surface area contributed by atoms with E-state index in [0.29, 0.717) is 27.1 Å². The molecule has 0 spiro atoms. The zero-order valence-corrected chi connectivity index (χ0v) is 17.6. The van der Waals surface area contributed by atoms with Crippen LogP contribution in [0.25, 0.3) is 17.7 Å². The van der Waals surface area contributed by atoms with E-state index in [2.05, 4.69) is 15.5 Å². The van der Waals surface area contributed by atoms with Crippen molar-refractivity contribution in [2.24, 2.45) is 5.10 Å². The number of anilines is 1. The van der Waals surface area contributed by atoms with Gasteiger partial charge in [-0.05, 0) is 47.0 Å². The predicted molar refractivity (Wildman–Crippen MR) is 123 cm³/mol. The van der Waals surface area contributed by atoms with Gasteiger partial charge >= 0.3 is 0 Å². The summed E-state index contributed by atoms with van der Waals surface area (Å²) in [4.78, 5) is 16.5. The number of aromatic hydroxyl groups is 1. The van der Waals surface area contributed by atoms with Gasteiger partial charge in [0.25, 0.3) is 0 Å². The third kappa shape index (κ3) is 4.34. The van der Waals surface area contributed by atoms with Crippen LogP contribution in [0.1, 0.15) is 21.7 Å². The Kier molecular flexibility index (Phi) is 5.81. The maximum atomic E-state index is 12.4. The Morgan fingerprint density at radius 1 is 1.10 bits per heavy atom. The van der Waals surface area contributed by atoms with Crippen LogP contribution < -0.4 is 14.9 Å². The average Bonchev–Trinajstić information content (AvgIpc) is 3.14. The monoisotopic (exact) mass is 433 g/mol. The summed E-state index contributed by atoms with van der Waals surface area (Å²) in [5, 5.41) is 15.2. The number of methoxy groups -OCH3 is 2. The van der Waals surface area contributed by atoms with Gasteiger partial charge in [0.15, 0.2) is 22.3 Å². The maximum Gasteiger partial charge on any atom is 0.248 e. The predicted octanol–water partition coefficient (Wildman–Crippen LogP) is 4.45. The van der Waals surface area contributed by atoms with Gasteiger partial charge in [-0.2, -0.15) is 5.10 Å². The topological polar surface area (TPSA) is 93.0 Å². The van der Waals surface area contributed by atoms with Gasteiger partial charge in [0.2, 0.25) is 5.88 Å². The molecule has 1 heterocycles. The first-order valence-corrected chi connectivity index (χ1v) is 10.1. The van der Waals surface area contributed by atoms with E-state index in [1.807, 2.05) is 30.3 Å². The number of benzene rings is 2. The number of hydrazone groups is 1. The normalized spacial score (nSPS) is 14.1. The van der Waals surface area contributed by atoms with E-state index >= 15 is 0 Å². The lowest BCUT2D eigenvalue weighted by molar-refractivity contribution is -0.109. The maximum absolute atomic E-state index is 12.4. The average molecular weight is 433 g/mol. The number of carbonyl (C=O) groups excluding carboxylic acids is 1. The summed E-state index contributed by atoms with van der Waals surface area (Å²) in [5.41, 5.74) is 5.91. The van der Waals surface area contributed by atoms with Crippen molar-refractivity contribution < 1.29 is 19.4 Å². The first kappa shape index (κ1) is 20.4. The van der Waals surface area contributed by atoms with E-state index in [-0.39, 0.29) is 11.7 Å². The SMILES string of the molecule is COc1ccc(C=NNc2sc(C=C3C(=O)C=Cc4ccccc43)nc2O)cc1OC. The van der Waals surface area contributed by atoms with Crippen LogP contribution in [-0.4, -0.2) is 36.3 Å². The van der Waals surface area contributed by atoms with Gasteiger partial charge in [-0.25, -0.2) is 4.98 Å². The molecule has 0 atom stereocenters. The van der Waals surface area contributed by atoms with Crippen LogP contribution in [0.5, 0.6) is 17.4 Å². The molecule has 1 aliphatic rings. The molecule has 0 radical (unpaired) electrons. The molecule has 1 aliphatic carbocycles. The number of hydrogen-bond donors (Lipinski definition) is 2. The molecule has 0 unspecified atom stereocenters. The fraction of sp³-hybridized carbons (Fsp3) is 0.0870. The van der Waals surface area contributed by atoms with Crippen molar-refractivity contribution in [2.45, 2.75) is 0 Å². The fourth-order valence-corrected chi connectivity index (χ4v) is 3.86. The van der Waals surface area contributed by atoms with Crippen LogP contribution in [-0.2, 0) is 4.79 Å². The van der Waals surface area contributed by atoms with Crippen LogP contribution in [0.3, 0.4) is 0 Å². The number of thiazole rings is 1. The lowest BCUT2D eigenvalue weighted by Gasteiger charge is -2.12. The third-order valence-electron chi connectivity index (χ3n) is 4.61. The van der Waals surface area contributed by atoms with Crippen LogP contribution in [0.15, 0.2) is 53.6 Å². The van der Waals surface area contributed by atoms with E-state index in [4.69, 9.17) is 9.47 Å². The fourth-order valence-electron chi connectivity index (χ4n) is 3.11.